The zero-order valence-electron chi connectivity index (χ0n) is 21.6. The fourth-order valence-corrected chi connectivity index (χ4v) is 5.91. The van der Waals surface area contributed by atoms with Crippen molar-refractivity contribution in [3.05, 3.63) is 139 Å². The summed E-state index contributed by atoms with van der Waals surface area (Å²) in [7, 11) is 0. The van der Waals surface area contributed by atoms with E-state index in [1.54, 1.807) is 0 Å². The van der Waals surface area contributed by atoms with Gasteiger partial charge in [-0.05, 0) is 71.6 Å². The molecule has 39 heavy (non-hydrogen) atoms. The lowest BCUT2D eigenvalue weighted by molar-refractivity contribution is 0.669. The molecule has 0 unspecified atom stereocenters. The molecule has 0 aliphatic heterocycles. The molecule has 0 aliphatic carbocycles. The van der Waals surface area contributed by atoms with E-state index < -0.39 is 0 Å². The largest absolute Gasteiger partial charge is 0.456 e. The molecule has 2 heterocycles. The molecule has 0 fully saturated rings. The molecule has 0 radical (unpaired) electrons. The number of benzene rings is 6. The molecule has 8 aromatic rings. The van der Waals surface area contributed by atoms with E-state index in [0.29, 0.717) is 0 Å². The average molecular weight is 500 g/mol. The van der Waals surface area contributed by atoms with Crippen LogP contribution in [0.4, 0.5) is 0 Å². The van der Waals surface area contributed by atoms with E-state index >= 15 is 0 Å². The normalized spacial score (nSPS) is 11.7. The molecule has 0 amide bonds. The first-order valence-electron chi connectivity index (χ1n) is 13.4. The second-order valence-electron chi connectivity index (χ2n) is 10.3. The summed E-state index contributed by atoms with van der Waals surface area (Å²) in [5, 5.41) is 4.78. The predicted octanol–water partition coefficient (Wildman–Crippen LogP) is 10.3. The van der Waals surface area contributed by atoms with Gasteiger partial charge < -0.3 is 8.98 Å². The summed E-state index contributed by atoms with van der Waals surface area (Å²) in [5.41, 5.74) is 11.5. The van der Waals surface area contributed by atoms with Crippen LogP contribution in [0.1, 0.15) is 5.56 Å². The van der Waals surface area contributed by atoms with Crippen LogP contribution >= 0.6 is 0 Å². The molecule has 0 spiro atoms. The molecule has 0 saturated heterocycles. The number of hydrogen-bond acceptors (Lipinski definition) is 1. The first-order valence-corrected chi connectivity index (χ1v) is 13.4. The van der Waals surface area contributed by atoms with Crippen molar-refractivity contribution in [2.24, 2.45) is 0 Å². The van der Waals surface area contributed by atoms with Gasteiger partial charge in [0.25, 0.3) is 0 Å². The summed E-state index contributed by atoms with van der Waals surface area (Å²) >= 11 is 0. The van der Waals surface area contributed by atoms with Gasteiger partial charge in [-0.2, -0.15) is 0 Å². The fourth-order valence-electron chi connectivity index (χ4n) is 5.91. The highest BCUT2D eigenvalue weighted by atomic mass is 16.3. The lowest BCUT2D eigenvalue weighted by Gasteiger charge is -2.10. The summed E-state index contributed by atoms with van der Waals surface area (Å²) in [6.07, 6.45) is 0. The van der Waals surface area contributed by atoms with Crippen LogP contribution in [0.25, 0.3) is 71.7 Å². The van der Waals surface area contributed by atoms with Crippen molar-refractivity contribution in [2.45, 2.75) is 6.92 Å². The van der Waals surface area contributed by atoms with Gasteiger partial charge in [-0.1, -0.05) is 96.6 Å². The van der Waals surface area contributed by atoms with Gasteiger partial charge in [0.1, 0.15) is 11.2 Å². The van der Waals surface area contributed by atoms with Gasteiger partial charge in [-0.25, -0.2) is 0 Å². The summed E-state index contributed by atoms with van der Waals surface area (Å²) in [4.78, 5) is 0. The Kier molecular flexibility index (Phi) is 4.77. The van der Waals surface area contributed by atoms with Gasteiger partial charge in [-0.15, -0.1) is 0 Å². The number of hydrogen-bond donors (Lipinski definition) is 0. The zero-order valence-corrected chi connectivity index (χ0v) is 21.6. The number of rotatable bonds is 3. The van der Waals surface area contributed by atoms with Crippen molar-refractivity contribution in [1.82, 2.24) is 4.57 Å². The highest BCUT2D eigenvalue weighted by molar-refractivity contribution is 6.11. The van der Waals surface area contributed by atoms with E-state index in [-0.39, 0.29) is 0 Å². The molecular weight excluding hydrogens is 474 g/mol. The molecule has 8 rings (SSSR count). The standard InChI is InChI=1S/C37H25NO/c1-24-13-15-25(16-14-24)26-7-6-8-27(21-26)28-17-19-31-30-9-2-4-11-34(30)38(35(31)22-28)29-18-20-37-33(23-29)32-10-3-5-12-36(32)39-37/h2-23H,1H3. The van der Waals surface area contributed by atoms with Crippen LogP contribution in [-0.4, -0.2) is 4.57 Å². The Morgan fingerprint density at radius 3 is 1.97 bits per heavy atom. The average Bonchev–Trinajstić information content (AvgIpc) is 3.52. The van der Waals surface area contributed by atoms with Crippen LogP contribution in [0, 0.1) is 6.92 Å². The van der Waals surface area contributed by atoms with Crippen LogP contribution in [0.2, 0.25) is 0 Å². The van der Waals surface area contributed by atoms with E-state index in [4.69, 9.17) is 4.42 Å². The molecule has 0 saturated carbocycles. The predicted molar refractivity (Wildman–Crippen MR) is 164 cm³/mol. The molecule has 0 N–H and O–H groups in total. The van der Waals surface area contributed by atoms with Gasteiger partial charge in [-0.3, -0.25) is 0 Å². The molecule has 184 valence electrons. The maximum Gasteiger partial charge on any atom is 0.135 e. The van der Waals surface area contributed by atoms with Crippen LogP contribution in [0.15, 0.2) is 138 Å². The van der Waals surface area contributed by atoms with Gasteiger partial charge in [0.15, 0.2) is 0 Å². The summed E-state index contributed by atoms with van der Waals surface area (Å²) in [6.45, 7) is 2.13. The van der Waals surface area contributed by atoms with E-state index in [2.05, 4.69) is 133 Å². The summed E-state index contributed by atoms with van der Waals surface area (Å²) in [6, 6.07) is 47.9. The molecule has 2 heteroatoms. The maximum absolute atomic E-state index is 6.12. The molecule has 2 aromatic heterocycles. The van der Waals surface area contributed by atoms with Crippen molar-refractivity contribution in [3.8, 4) is 27.9 Å². The van der Waals surface area contributed by atoms with Crippen LogP contribution in [0.3, 0.4) is 0 Å². The Labute approximate surface area is 226 Å². The van der Waals surface area contributed by atoms with E-state index in [0.717, 1.165) is 27.6 Å². The SMILES string of the molecule is Cc1ccc(-c2cccc(-c3ccc4c5ccccc5n(-c5ccc6oc7ccccc7c6c5)c4c3)c2)cc1. The molecule has 2 nitrogen and oxygen atoms in total. The number of aryl methyl sites for hydroxylation is 1. The van der Waals surface area contributed by atoms with Gasteiger partial charge in [0, 0.05) is 27.2 Å². The lowest BCUT2D eigenvalue weighted by Crippen LogP contribution is -1.93. The maximum atomic E-state index is 6.12. The van der Waals surface area contributed by atoms with Crippen LogP contribution < -0.4 is 0 Å². The van der Waals surface area contributed by atoms with Crippen molar-refractivity contribution < 1.29 is 4.42 Å². The van der Waals surface area contributed by atoms with E-state index in [9.17, 15) is 0 Å². The monoisotopic (exact) mass is 499 g/mol. The first kappa shape index (κ1) is 22.0. The molecule has 0 bridgehead atoms. The zero-order chi connectivity index (χ0) is 25.9. The van der Waals surface area contributed by atoms with Crippen molar-refractivity contribution >= 4 is 43.7 Å². The summed E-state index contributed by atoms with van der Waals surface area (Å²) < 4.78 is 8.51. The smallest absolute Gasteiger partial charge is 0.135 e. The van der Waals surface area contributed by atoms with Crippen molar-refractivity contribution in [2.75, 3.05) is 0 Å². The van der Waals surface area contributed by atoms with E-state index in [1.165, 1.54) is 49.6 Å². The topological polar surface area (TPSA) is 18.1 Å². The van der Waals surface area contributed by atoms with Gasteiger partial charge >= 0.3 is 0 Å². The Balaban J connectivity index is 1.35. The third kappa shape index (κ3) is 3.49. The second kappa shape index (κ2) is 8.47. The molecular formula is C37H25NO. The quantitative estimate of drug-likeness (QED) is 0.236. The highest BCUT2D eigenvalue weighted by Gasteiger charge is 2.15. The minimum Gasteiger partial charge on any atom is -0.456 e. The van der Waals surface area contributed by atoms with Gasteiger partial charge in [0.05, 0.1) is 11.0 Å². The van der Waals surface area contributed by atoms with E-state index in [1.807, 2.05) is 12.1 Å². The highest BCUT2D eigenvalue weighted by Crippen LogP contribution is 2.37. The Bertz CT molecular complexity index is 2180. The molecule has 0 atom stereocenters. The fraction of sp³-hybridized carbons (Fsp3) is 0.0270. The third-order valence-electron chi connectivity index (χ3n) is 7.87. The number of aromatic nitrogens is 1. The Morgan fingerprint density at radius 1 is 0.436 bits per heavy atom. The number of nitrogens with zero attached hydrogens (tertiary/aromatic N) is 1. The van der Waals surface area contributed by atoms with Crippen LogP contribution in [0.5, 0.6) is 0 Å². The summed E-state index contributed by atoms with van der Waals surface area (Å²) in [5.74, 6) is 0. The number of para-hydroxylation sites is 2. The lowest BCUT2D eigenvalue weighted by atomic mass is 9.98. The van der Waals surface area contributed by atoms with Crippen LogP contribution in [-0.2, 0) is 0 Å². The second-order valence-corrected chi connectivity index (χ2v) is 10.3. The Morgan fingerprint density at radius 2 is 1.10 bits per heavy atom. The third-order valence-corrected chi connectivity index (χ3v) is 7.87. The minimum absolute atomic E-state index is 0.911. The number of fused-ring (bicyclic) bond motifs is 6. The molecule has 0 aliphatic rings. The molecule has 6 aromatic carbocycles. The van der Waals surface area contributed by atoms with Crippen molar-refractivity contribution in [3.63, 3.8) is 0 Å². The Hall–Kier alpha value is -5.08. The first-order chi connectivity index (χ1) is 19.2. The van der Waals surface area contributed by atoms with Gasteiger partial charge in [0.2, 0.25) is 0 Å². The van der Waals surface area contributed by atoms with Crippen molar-refractivity contribution in [1.29, 1.82) is 0 Å². The minimum atomic E-state index is 0.911. The number of furan rings is 1.